The van der Waals surface area contributed by atoms with Crippen molar-refractivity contribution in [3.63, 3.8) is 0 Å². The van der Waals surface area contributed by atoms with Gasteiger partial charge in [-0.05, 0) is 30.5 Å². The van der Waals surface area contributed by atoms with Crippen LogP contribution in [0.1, 0.15) is 37.7 Å². The van der Waals surface area contributed by atoms with Crippen molar-refractivity contribution in [2.24, 2.45) is 5.73 Å². The van der Waals surface area contributed by atoms with Crippen LogP contribution in [0.15, 0.2) is 29.2 Å². The third-order valence-electron chi connectivity index (χ3n) is 3.75. The van der Waals surface area contributed by atoms with Gasteiger partial charge in [-0.1, -0.05) is 31.4 Å². The minimum absolute atomic E-state index is 0.0392. The summed E-state index contributed by atoms with van der Waals surface area (Å²) < 4.78 is 30.1. The molecular weight excluding hydrogens is 274 g/mol. The van der Waals surface area contributed by atoms with Crippen LogP contribution in [0.4, 0.5) is 0 Å². The van der Waals surface area contributed by atoms with Crippen molar-refractivity contribution < 1.29 is 13.2 Å². The third-order valence-corrected chi connectivity index (χ3v) is 5.43. The maximum absolute atomic E-state index is 12.2. The third kappa shape index (κ3) is 4.30. The van der Waals surface area contributed by atoms with E-state index in [4.69, 9.17) is 10.5 Å². The number of benzene rings is 1. The van der Waals surface area contributed by atoms with Crippen molar-refractivity contribution in [2.45, 2.75) is 49.6 Å². The van der Waals surface area contributed by atoms with E-state index >= 15 is 0 Å². The van der Waals surface area contributed by atoms with Gasteiger partial charge >= 0.3 is 0 Å². The lowest BCUT2D eigenvalue weighted by molar-refractivity contribution is 0.0379. The topological polar surface area (TPSA) is 69.4 Å². The summed E-state index contributed by atoms with van der Waals surface area (Å²) in [4.78, 5) is 0.340. The Morgan fingerprint density at radius 2 is 1.95 bits per heavy atom. The molecule has 0 aromatic heterocycles. The molecular formula is C15H23NO3S. The van der Waals surface area contributed by atoms with Crippen molar-refractivity contribution in [1.29, 1.82) is 0 Å². The summed E-state index contributed by atoms with van der Waals surface area (Å²) in [6.07, 6.45) is 6.01. The minimum atomic E-state index is -3.27. The molecule has 112 valence electrons. The molecule has 4 nitrogen and oxygen atoms in total. The summed E-state index contributed by atoms with van der Waals surface area (Å²) in [5.41, 5.74) is 6.37. The Morgan fingerprint density at radius 3 is 2.65 bits per heavy atom. The van der Waals surface area contributed by atoms with Crippen LogP contribution >= 0.6 is 0 Å². The van der Waals surface area contributed by atoms with Crippen LogP contribution in [-0.4, -0.2) is 26.9 Å². The van der Waals surface area contributed by atoms with Gasteiger partial charge in [0.2, 0.25) is 0 Å². The van der Waals surface area contributed by atoms with Crippen molar-refractivity contribution in [3.05, 3.63) is 29.8 Å². The van der Waals surface area contributed by atoms with Gasteiger partial charge in [0.1, 0.15) is 0 Å². The Kier molecular flexibility index (Phi) is 5.57. The number of ether oxygens (including phenoxy) is 1. The molecule has 1 saturated carbocycles. The van der Waals surface area contributed by atoms with Crippen molar-refractivity contribution >= 4 is 9.84 Å². The highest BCUT2D eigenvalue weighted by Gasteiger charge is 2.18. The Labute approximate surface area is 121 Å². The van der Waals surface area contributed by atoms with Gasteiger partial charge in [0, 0.05) is 6.54 Å². The fourth-order valence-electron chi connectivity index (χ4n) is 2.54. The van der Waals surface area contributed by atoms with E-state index in [1.54, 1.807) is 18.2 Å². The Hall–Kier alpha value is -0.910. The monoisotopic (exact) mass is 297 g/mol. The fourth-order valence-corrected chi connectivity index (χ4v) is 3.71. The van der Waals surface area contributed by atoms with E-state index in [9.17, 15) is 8.42 Å². The normalized spacial score (nSPS) is 17.2. The zero-order chi connectivity index (χ0) is 14.4. The second-order valence-electron chi connectivity index (χ2n) is 5.30. The van der Waals surface area contributed by atoms with Gasteiger partial charge in [-0.15, -0.1) is 0 Å². The largest absolute Gasteiger partial charge is 0.377 e. The highest BCUT2D eigenvalue weighted by molar-refractivity contribution is 7.91. The number of sulfone groups is 1. The van der Waals surface area contributed by atoms with Crippen LogP contribution in [0.3, 0.4) is 0 Å². The molecule has 5 heteroatoms. The van der Waals surface area contributed by atoms with E-state index in [-0.39, 0.29) is 18.5 Å². The van der Waals surface area contributed by atoms with Crippen molar-refractivity contribution in [3.8, 4) is 0 Å². The summed E-state index contributed by atoms with van der Waals surface area (Å²) in [5, 5.41) is 0. The standard InChI is InChI=1S/C15H23NO3S/c16-12-13-5-4-8-15(11-13)20(17,18)10-9-19-14-6-2-1-3-7-14/h4-5,8,11,14H,1-3,6-7,9-10,12,16H2. The summed E-state index contributed by atoms with van der Waals surface area (Å²) >= 11 is 0. The molecule has 0 heterocycles. The highest BCUT2D eigenvalue weighted by Crippen LogP contribution is 2.20. The fraction of sp³-hybridized carbons (Fsp3) is 0.600. The minimum Gasteiger partial charge on any atom is -0.377 e. The van der Waals surface area contributed by atoms with Gasteiger partial charge in [0.25, 0.3) is 0 Å². The molecule has 1 fully saturated rings. The van der Waals surface area contributed by atoms with E-state index < -0.39 is 9.84 Å². The summed E-state index contributed by atoms with van der Waals surface area (Å²) in [7, 11) is -3.27. The lowest BCUT2D eigenvalue weighted by atomic mass is 9.98. The van der Waals surface area contributed by atoms with E-state index in [1.807, 2.05) is 6.07 Å². The Balaban J connectivity index is 1.89. The first-order valence-electron chi connectivity index (χ1n) is 7.25. The number of hydrogen-bond acceptors (Lipinski definition) is 4. The van der Waals surface area contributed by atoms with Gasteiger partial charge in [-0.25, -0.2) is 8.42 Å². The van der Waals surface area contributed by atoms with Crippen LogP contribution < -0.4 is 5.73 Å². The summed E-state index contributed by atoms with van der Waals surface area (Å²) in [5.74, 6) is 0.0392. The lowest BCUT2D eigenvalue weighted by Crippen LogP contribution is -2.21. The SMILES string of the molecule is NCc1cccc(S(=O)(=O)CCOC2CCCCC2)c1. The number of rotatable bonds is 6. The first kappa shape index (κ1) is 15.5. The van der Waals surface area contributed by atoms with Gasteiger partial charge in [0.15, 0.2) is 9.84 Å². The Morgan fingerprint density at radius 1 is 1.20 bits per heavy atom. The quantitative estimate of drug-likeness (QED) is 0.874. The van der Waals surface area contributed by atoms with Crippen molar-refractivity contribution in [1.82, 2.24) is 0 Å². The van der Waals surface area contributed by atoms with E-state index in [2.05, 4.69) is 0 Å². The second kappa shape index (κ2) is 7.20. The van der Waals surface area contributed by atoms with Crippen LogP contribution in [-0.2, 0) is 21.1 Å². The van der Waals surface area contributed by atoms with Gasteiger partial charge in [-0.3, -0.25) is 0 Å². The molecule has 0 saturated heterocycles. The first-order valence-corrected chi connectivity index (χ1v) is 8.90. The molecule has 2 rings (SSSR count). The van der Waals surface area contributed by atoms with Gasteiger partial charge < -0.3 is 10.5 Å². The van der Waals surface area contributed by atoms with Crippen molar-refractivity contribution in [2.75, 3.05) is 12.4 Å². The molecule has 2 N–H and O–H groups in total. The highest BCUT2D eigenvalue weighted by atomic mass is 32.2. The van der Waals surface area contributed by atoms with E-state index in [0.717, 1.165) is 18.4 Å². The maximum atomic E-state index is 12.2. The zero-order valence-electron chi connectivity index (χ0n) is 11.8. The molecule has 0 unspecified atom stereocenters. The van der Waals surface area contributed by atoms with Gasteiger partial charge in [-0.2, -0.15) is 0 Å². The molecule has 1 aromatic carbocycles. The molecule has 1 aliphatic rings. The molecule has 0 atom stereocenters. The molecule has 20 heavy (non-hydrogen) atoms. The molecule has 1 aromatic rings. The van der Waals surface area contributed by atoms with Gasteiger partial charge in [0.05, 0.1) is 23.4 Å². The van der Waals surface area contributed by atoms with E-state index in [0.29, 0.717) is 11.4 Å². The smallest absolute Gasteiger partial charge is 0.180 e. The van der Waals surface area contributed by atoms with Crippen LogP contribution in [0.2, 0.25) is 0 Å². The maximum Gasteiger partial charge on any atom is 0.180 e. The molecule has 0 radical (unpaired) electrons. The number of hydrogen-bond donors (Lipinski definition) is 1. The Bertz CT molecular complexity index is 522. The lowest BCUT2D eigenvalue weighted by Gasteiger charge is -2.21. The molecule has 0 bridgehead atoms. The molecule has 0 spiro atoms. The average Bonchev–Trinajstić information content (AvgIpc) is 2.48. The van der Waals surface area contributed by atoms with E-state index in [1.165, 1.54) is 19.3 Å². The zero-order valence-corrected chi connectivity index (χ0v) is 12.6. The first-order chi connectivity index (χ1) is 9.62. The van der Waals surface area contributed by atoms with Crippen LogP contribution in [0.25, 0.3) is 0 Å². The predicted molar refractivity (Wildman–Crippen MR) is 79.2 cm³/mol. The summed E-state index contributed by atoms with van der Waals surface area (Å²) in [6, 6.07) is 6.83. The van der Waals surface area contributed by atoms with Crippen LogP contribution in [0.5, 0.6) is 0 Å². The molecule has 0 aliphatic heterocycles. The number of nitrogens with two attached hydrogens (primary N) is 1. The molecule has 1 aliphatic carbocycles. The van der Waals surface area contributed by atoms with Crippen LogP contribution in [0, 0.1) is 0 Å². The average molecular weight is 297 g/mol. The second-order valence-corrected chi connectivity index (χ2v) is 7.41. The predicted octanol–water partition coefficient (Wildman–Crippen LogP) is 2.27. The molecule has 0 amide bonds. The summed E-state index contributed by atoms with van der Waals surface area (Å²) in [6.45, 7) is 0.627.